The molecule has 1 aromatic carbocycles. The number of nitrogen functional groups attached to an aromatic ring is 1. The van der Waals surface area contributed by atoms with E-state index in [9.17, 15) is 8.42 Å². The van der Waals surface area contributed by atoms with Crippen LogP contribution >= 0.6 is 0 Å². The first-order valence-electron chi connectivity index (χ1n) is 10.6. The van der Waals surface area contributed by atoms with Crippen molar-refractivity contribution in [1.29, 1.82) is 0 Å². The van der Waals surface area contributed by atoms with E-state index in [1.165, 1.54) is 0 Å². The Morgan fingerprint density at radius 3 is 2.62 bits per heavy atom. The van der Waals surface area contributed by atoms with E-state index >= 15 is 0 Å². The van der Waals surface area contributed by atoms with Crippen molar-refractivity contribution in [2.75, 3.05) is 12.3 Å². The van der Waals surface area contributed by atoms with E-state index in [1.54, 1.807) is 29.8 Å². The van der Waals surface area contributed by atoms with Gasteiger partial charge in [-0.1, -0.05) is 16.7 Å². The smallest absolute Gasteiger partial charge is 0.241 e. The molecule has 2 saturated heterocycles. The minimum Gasteiger partial charge on any atom is -0.380 e. The lowest BCUT2D eigenvalue weighted by Gasteiger charge is -2.42. The summed E-state index contributed by atoms with van der Waals surface area (Å²) in [5.41, 5.74) is 8.13. The van der Waals surface area contributed by atoms with E-state index in [2.05, 4.69) is 43.3 Å². The summed E-state index contributed by atoms with van der Waals surface area (Å²) in [5.74, 6) is 0.783. The van der Waals surface area contributed by atoms with Crippen LogP contribution in [0.3, 0.4) is 0 Å². The van der Waals surface area contributed by atoms with Gasteiger partial charge in [-0.3, -0.25) is 0 Å². The molecule has 4 heterocycles. The molecule has 3 aliphatic rings. The molecule has 13 heteroatoms. The maximum Gasteiger partial charge on any atom is 0.241 e. The van der Waals surface area contributed by atoms with Crippen molar-refractivity contribution in [3.63, 3.8) is 0 Å². The zero-order valence-electron chi connectivity index (χ0n) is 18.9. The molecule has 3 N–H and O–H groups in total. The van der Waals surface area contributed by atoms with Gasteiger partial charge in [0, 0.05) is 5.56 Å². The molecule has 0 atom stereocenters. The molecular formula is C19H25B3N6O3S. The fraction of sp³-hybridized carbons (Fsp3) is 0.421. The topological polar surface area (TPSA) is 124 Å². The number of anilines is 1. The first kappa shape index (κ1) is 21.5. The average Bonchev–Trinajstić information content (AvgIpc) is 3.30. The predicted molar refractivity (Wildman–Crippen MR) is 129 cm³/mol. The van der Waals surface area contributed by atoms with Crippen molar-refractivity contribution in [1.82, 2.24) is 24.3 Å². The zero-order valence-corrected chi connectivity index (χ0v) is 19.7. The first-order valence-corrected chi connectivity index (χ1v) is 12.1. The van der Waals surface area contributed by atoms with Crippen LogP contribution in [-0.4, -0.2) is 69.3 Å². The number of hydrogen-bond donors (Lipinski definition) is 2. The van der Waals surface area contributed by atoms with Crippen LogP contribution in [-0.2, 0) is 19.9 Å². The Bertz CT molecular complexity index is 1360. The number of rotatable bonds is 5. The van der Waals surface area contributed by atoms with Crippen LogP contribution in [0.1, 0.15) is 31.2 Å². The molecule has 2 aliphatic heterocycles. The molecular weight excluding hydrogens is 425 g/mol. The predicted octanol–water partition coefficient (Wildman–Crippen LogP) is -1.71. The number of aryl methyl sites for hydroxylation is 1. The van der Waals surface area contributed by atoms with Gasteiger partial charge in [-0.2, -0.15) is 5.10 Å². The lowest BCUT2D eigenvalue weighted by Crippen LogP contribution is -2.58. The number of benzene rings is 1. The third kappa shape index (κ3) is 3.34. The second-order valence-corrected chi connectivity index (χ2v) is 12.0. The van der Waals surface area contributed by atoms with Gasteiger partial charge in [0.2, 0.25) is 10.0 Å². The highest BCUT2D eigenvalue weighted by Crippen LogP contribution is 2.51. The second kappa shape index (κ2) is 6.58. The van der Waals surface area contributed by atoms with E-state index in [4.69, 9.17) is 10.5 Å². The van der Waals surface area contributed by atoms with Crippen LogP contribution in [0.25, 0.3) is 16.9 Å². The molecule has 9 nitrogen and oxygen atoms in total. The van der Waals surface area contributed by atoms with Gasteiger partial charge >= 0.3 is 0 Å². The number of sulfonamides is 1. The summed E-state index contributed by atoms with van der Waals surface area (Å²) >= 11 is 0. The van der Waals surface area contributed by atoms with E-state index in [1.807, 2.05) is 13.0 Å². The highest BCUT2D eigenvalue weighted by molar-refractivity contribution is 7.89. The minimum atomic E-state index is -3.75. The summed E-state index contributed by atoms with van der Waals surface area (Å²) in [6.45, 7) is 4.17. The molecule has 1 saturated carbocycles. The highest BCUT2D eigenvalue weighted by Gasteiger charge is 2.61. The number of nitrogens with zero attached hydrogens (tertiary/aromatic N) is 4. The van der Waals surface area contributed by atoms with Crippen molar-refractivity contribution in [3.05, 3.63) is 35.8 Å². The number of nitrogens with two attached hydrogens (primary N) is 1. The Balaban J connectivity index is 1.64. The van der Waals surface area contributed by atoms with Gasteiger partial charge in [0.15, 0.2) is 11.5 Å². The lowest BCUT2D eigenvalue weighted by atomic mass is 9.39. The zero-order chi connectivity index (χ0) is 23.1. The van der Waals surface area contributed by atoms with Crippen LogP contribution in [0, 0.1) is 6.92 Å². The number of fused-ring (bicyclic) bond motifs is 2. The normalized spacial score (nSPS) is 25.2. The Kier molecular flexibility index (Phi) is 4.42. The molecule has 3 aromatic rings. The maximum atomic E-state index is 13.3. The molecule has 1 aliphatic carbocycles. The largest absolute Gasteiger partial charge is 0.380 e. The number of imidazole rings is 1. The van der Waals surface area contributed by atoms with Crippen molar-refractivity contribution in [3.8, 4) is 11.3 Å². The summed E-state index contributed by atoms with van der Waals surface area (Å²) in [4.78, 5) is 8.77. The molecule has 32 heavy (non-hydrogen) atoms. The molecule has 0 radical (unpaired) electrons. The van der Waals surface area contributed by atoms with E-state index < -0.39 is 15.6 Å². The maximum absolute atomic E-state index is 13.3. The Hall–Kier alpha value is -2.37. The van der Waals surface area contributed by atoms with Crippen molar-refractivity contribution in [2.24, 2.45) is 0 Å². The second-order valence-electron chi connectivity index (χ2n) is 10.4. The molecule has 2 aromatic heterocycles. The molecule has 2 bridgehead atoms. The SMILES string of the molecule is BC(B)(B)c1ccc(S(=O)(=O)NC23COC(C)(C2)C3)cc1-c1cnc2c(N)nc(C)nn12. The fourth-order valence-electron chi connectivity index (χ4n) is 5.10. The molecule has 164 valence electrons. The molecule has 3 fully saturated rings. The van der Waals surface area contributed by atoms with Crippen LogP contribution in [0.5, 0.6) is 0 Å². The third-order valence-electron chi connectivity index (χ3n) is 6.35. The molecule has 0 unspecified atom stereocenters. The van der Waals surface area contributed by atoms with Gasteiger partial charge in [0.1, 0.15) is 5.82 Å². The lowest BCUT2D eigenvalue weighted by molar-refractivity contribution is 0.0151. The molecule has 6 rings (SSSR count). The van der Waals surface area contributed by atoms with Gasteiger partial charge in [-0.05, 0) is 38.8 Å². The van der Waals surface area contributed by atoms with Crippen molar-refractivity contribution < 1.29 is 13.2 Å². The quantitative estimate of drug-likeness (QED) is 0.444. The van der Waals surface area contributed by atoms with Crippen molar-refractivity contribution in [2.45, 2.75) is 47.8 Å². The minimum absolute atomic E-state index is 0.198. The summed E-state index contributed by atoms with van der Waals surface area (Å²) < 4.78 is 37.0. The van der Waals surface area contributed by atoms with Gasteiger partial charge in [0.05, 0.1) is 58.1 Å². The molecule has 0 amide bonds. The van der Waals surface area contributed by atoms with Crippen LogP contribution < -0.4 is 10.5 Å². The highest BCUT2D eigenvalue weighted by atomic mass is 32.2. The van der Waals surface area contributed by atoms with Gasteiger partial charge in [-0.25, -0.2) is 27.6 Å². The van der Waals surface area contributed by atoms with E-state index in [0.29, 0.717) is 36.6 Å². The molecule has 0 spiro atoms. The number of nitrogens with one attached hydrogen (secondary N) is 1. The third-order valence-corrected chi connectivity index (χ3v) is 7.93. The summed E-state index contributed by atoms with van der Waals surface area (Å²) in [5, 5.41) is 4.24. The Labute approximate surface area is 189 Å². The average molecular weight is 450 g/mol. The van der Waals surface area contributed by atoms with Crippen LogP contribution in [0.15, 0.2) is 29.3 Å². The number of hydrogen-bond acceptors (Lipinski definition) is 7. The van der Waals surface area contributed by atoms with Crippen LogP contribution in [0.4, 0.5) is 5.82 Å². The van der Waals surface area contributed by atoms with E-state index in [-0.39, 0.29) is 21.4 Å². The Morgan fingerprint density at radius 2 is 2.00 bits per heavy atom. The number of ether oxygens (including phenoxy) is 1. The summed E-state index contributed by atoms with van der Waals surface area (Å²) in [6.07, 6.45) is 3.04. The van der Waals surface area contributed by atoms with Crippen LogP contribution in [0.2, 0.25) is 0 Å². The van der Waals surface area contributed by atoms with Gasteiger partial charge in [0.25, 0.3) is 0 Å². The fourth-order valence-corrected chi connectivity index (χ4v) is 6.51. The standard InChI is InChI=1S/C19H25B3N6O3S/c1-10-25-15(23)16-24-6-14(28(16)26-10)12-5-11(3-4-13(12)19(20,21)22)32(29,30)27-18-7-17(2,8-18)31-9-18/h3-6,27H,7-9,20-22H2,1-2H3,(H2,23,25,26). The first-order chi connectivity index (χ1) is 14.8. The van der Waals surface area contributed by atoms with E-state index in [0.717, 1.165) is 11.1 Å². The monoisotopic (exact) mass is 450 g/mol. The van der Waals surface area contributed by atoms with Gasteiger partial charge < -0.3 is 10.5 Å². The number of aromatic nitrogens is 4. The summed E-state index contributed by atoms with van der Waals surface area (Å²) in [6, 6.07) is 5.23. The van der Waals surface area contributed by atoms with Crippen molar-refractivity contribution >= 4 is 45.0 Å². The van der Waals surface area contributed by atoms with Gasteiger partial charge in [-0.15, -0.1) is 0 Å². The summed E-state index contributed by atoms with van der Waals surface area (Å²) in [7, 11) is 2.50. The Morgan fingerprint density at radius 1 is 1.28 bits per heavy atom.